The largest absolute Gasteiger partial charge is 0.496 e. The van der Waals surface area contributed by atoms with Crippen molar-refractivity contribution in [2.75, 3.05) is 25.5 Å². The third-order valence-electron chi connectivity index (χ3n) is 7.85. The number of carbonyl (C=O) groups excluding carboxylic acids is 2. The molecule has 2 amide bonds. The van der Waals surface area contributed by atoms with Crippen molar-refractivity contribution in [2.45, 2.75) is 33.7 Å². The van der Waals surface area contributed by atoms with Gasteiger partial charge in [-0.25, -0.2) is 4.99 Å². The van der Waals surface area contributed by atoms with Crippen LogP contribution in [0.25, 0.3) is 16.3 Å². The van der Waals surface area contributed by atoms with Crippen LogP contribution in [0.1, 0.15) is 43.5 Å². The Balaban J connectivity index is 1.73. The smallest absolute Gasteiger partial charge is 0.271 e. The summed E-state index contributed by atoms with van der Waals surface area (Å²) in [5, 5.41) is 4.72. The lowest BCUT2D eigenvalue weighted by molar-refractivity contribution is -0.127. The number of ether oxygens (including phenoxy) is 1. The average molecular weight is 567 g/mol. The van der Waals surface area contributed by atoms with Gasteiger partial charge in [0.25, 0.3) is 17.4 Å². The molecule has 0 bridgehead atoms. The number of amides is 2. The van der Waals surface area contributed by atoms with E-state index in [2.05, 4.69) is 5.32 Å². The van der Waals surface area contributed by atoms with E-state index in [4.69, 9.17) is 9.73 Å². The Labute approximate surface area is 240 Å². The zero-order chi connectivity index (χ0) is 29.0. The number of nitrogens with one attached hydrogen (secondary N) is 1. The molecule has 2 aliphatic heterocycles. The number of rotatable bonds is 5. The molecule has 6 rings (SSSR count). The summed E-state index contributed by atoms with van der Waals surface area (Å²) in [5.74, 6) is 0.0464. The summed E-state index contributed by atoms with van der Waals surface area (Å²) in [6.45, 7) is 8.64. The fourth-order valence-corrected chi connectivity index (χ4v) is 6.98. The third-order valence-corrected chi connectivity index (χ3v) is 8.90. The van der Waals surface area contributed by atoms with Crippen LogP contribution in [0.4, 0.5) is 5.69 Å². The summed E-state index contributed by atoms with van der Waals surface area (Å²) < 4.78 is 7.72. The molecule has 0 saturated heterocycles. The van der Waals surface area contributed by atoms with E-state index in [0.29, 0.717) is 61.8 Å². The highest BCUT2D eigenvalue weighted by molar-refractivity contribution is 7.07. The molecule has 208 valence electrons. The number of allylic oxidation sites excluding steroid dienone is 1. The van der Waals surface area contributed by atoms with E-state index in [1.54, 1.807) is 16.6 Å². The number of carbonyl (C=O) groups is 2. The predicted octanol–water partition coefficient (Wildman–Crippen LogP) is 3.90. The molecule has 1 atom stereocenters. The normalized spacial score (nSPS) is 17.2. The lowest BCUT2D eigenvalue weighted by Crippen LogP contribution is -2.43. The molecule has 8 nitrogen and oxygen atoms in total. The van der Waals surface area contributed by atoms with Gasteiger partial charge in [0.05, 0.1) is 24.0 Å². The van der Waals surface area contributed by atoms with Crippen molar-refractivity contribution in [3.05, 3.63) is 102 Å². The highest BCUT2D eigenvalue weighted by Gasteiger charge is 2.38. The molecule has 1 N–H and O–H groups in total. The van der Waals surface area contributed by atoms with Crippen LogP contribution in [-0.4, -0.2) is 41.5 Å². The van der Waals surface area contributed by atoms with E-state index in [9.17, 15) is 14.4 Å². The number of methoxy groups -OCH3 is 1. The number of hydrogen-bond acceptors (Lipinski definition) is 6. The van der Waals surface area contributed by atoms with Gasteiger partial charge >= 0.3 is 0 Å². The van der Waals surface area contributed by atoms with Crippen LogP contribution in [0.3, 0.4) is 0 Å². The van der Waals surface area contributed by atoms with Gasteiger partial charge in [0.1, 0.15) is 16.3 Å². The minimum atomic E-state index is -0.809. The van der Waals surface area contributed by atoms with E-state index >= 15 is 0 Å². The Hall–Kier alpha value is -4.50. The third kappa shape index (κ3) is 4.11. The van der Waals surface area contributed by atoms with Crippen LogP contribution < -0.4 is 24.9 Å². The van der Waals surface area contributed by atoms with E-state index in [1.165, 1.54) is 11.3 Å². The molecule has 3 heterocycles. The maximum Gasteiger partial charge on any atom is 0.271 e. The highest BCUT2D eigenvalue weighted by Crippen LogP contribution is 2.40. The number of fused-ring (bicyclic) bond motifs is 3. The van der Waals surface area contributed by atoms with Crippen molar-refractivity contribution in [1.29, 1.82) is 0 Å². The molecular weight excluding hydrogens is 536 g/mol. The second-order valence-corrected chi connectivity index (χ2v) is 11.1. The summed E-state index contributed by atoms with van der Waals surface area (Å²) >= 11 is 1.17. The summed E-state index contributed by atoms with van der Waals surface area (Å²) in [4.78, 5) is 48.8. The summed E-state index contributed by atoms with van der Waals surface area (Å²) in [5.41, 5.74) is 3.95. The summed E-state index contributed by atoms with van der Waals surface area (Å²) in [7, 11) is 1.59. The Morgan fingerprint density at radius 2 is 1.83 bits per heavy atom. The molecule has 0 radical (unpaired) electrons. The first-order valence-electron chi connectivity index (χ1n) is 13.6. The lowest BCUT2D eigenvalue weighted by atomic mass is 9.90. The van der Waals surface area contributed by atoms with Gasteiger partial charge in [-0.1, -0.05) is 53.3 Å². The minimum Gasteiger partial charge on any atom is -0.496 e. The first-order valence-corrected chi connectivity index (χ1v) is 14.4. The Bertz CT molecular complexity index is 1980. The SMILES string of the molecule is CCN(CC)C(=O)C1=C(C)N=c2s/c(=C3/C(=O)Nc4ccc(C)cc43)c(=O)n2[C@H]1c1c(OC)ccc2ccccc12. The monoisotopic (exact) mass is 566 g/mol. The van der Waals surface area contributed by atoms with E-state index in [1.807, 2.05) is 82.3 Å². The first-order chi connectivity index (χ1) is 19.8. The molecule has 2 aliphatic rings. The number of likely N-dealkylation sites (N-methyl/N-ethyl adjacent to an activating group) is 1. The van der Waals surface area contributed by atoms with Gasteiger partial charge in [-0.15, -0.1) is 0 Å². The topological polar surface area (TPSA) is 93.0 Å². The Kier molecular flexibility index (Phi) is 6.62. The summed E-state index contributed by atoms with van der Waals surface area (Å²) in [6.07, 6.45) is 0. The maximum absolute atomic E-state index is 14.5. The van der Waals surface area contributed by atoms with E-state index in [-0.39, 0.29) is 17.4 Å². The standard InChI is InChI=1S/C32H30N4O4S/c1-6-35(7-2)30(38)24-18(4)33-32-36(27(24)25-20-11-9-8-10-19(20)13-15-23(25)40-5)31(39)28(41-32)26-21-16-17(3)12-14-22(21)34-29(26)37/h8-16,27H,6-7H2,1-5H3,(H,34,37)/b28-26+/t27-/m1/s1. The number of aromatic nitrogens is 1. The number of thiazole rings is 1. The maximum atomic E-state index is 14.5. The predicted molar refractivity (Wildman–Crippen MR) is 161 cm³/mol. The highest BCUT2D eigenvalue weighted by atomic mass is 32.1. The van der Waals surface area contributed by atoms with Crippen molar-refractivity contribution in [3.8, 4) is 5.75 Å². The molecule has 41 heavy (non-hydrogen) atoms. The second-order valence-electron chi connectivity index (χ2n) is 10.2. The van der Waals surface area contributed by atoms with Crippen LogP contribution in [0.5, 0.6) is 5.75 Å². The van der Waals surface area contributed by atoms with Crippen molar-refractivity contribution < 1.29 is 14.3 Å². The fourth-order valence-electron chi connectivity index (χ4n) is 5.84. The molecule has 1 aromatic heterocycles. The summed E-state index contributed by atoms with van der Waals surface area (Å²) in [6, 6.07) is 16.6. The van der Waals surface area contributed by atoms with Gasteiger partial charge in [-0.05, 0) is 56.7 Å². The molecule has 4 aromatic rings. The van der Waals surface area contributed by atoms with Gasteiger partial charge in [0.2, 0.25) is 0 Å². The van der Waals surface area contributed by atoms with Gasteiger partial charge < -0.3 is 15.0 Å². The molecule has 0 saturated carbocycles. The van der Waals surface area contributed by atoms with E-state index < -0.39 is 6.04 Å². The van der Waals surface area contributed by atoms with Gasteiger partial charge in [-0.2, -0.15) is 0 Å². The number of benzene rings is 3. The number of anilines is 1. The van der Waals surface area contributed by atoms with Gasteiger partial charge in [-0.3, -0.25) is 19.0 Å². The zero-order valence-corrected chi connectivity index (χ0v) is 24.4. The molecular formula is C32H30N4O4S. The van der Waals surface area contributed by atoms with Crippen LogP contribution in [0.2, 0.25) is 0 Å². The molecule has 0 aliphatic carbocycles. The van der Waals surface area contributed by atoms with Crippen molar-refractivity contribution in [2.24, 2.45) is 4.99 Å². The number of nitrogens with zero attached hydrogens (tertiary/aromatic N) is 3. The van der Waals surface area contributed by atoms with Crippen LogP contribution >= 0.6 is 11.3 Å². The number of hydrogen-bond donors (Lipinski definition) is 1. The fraction of sp³-hybridized carbons (Fsp3) is 0.250. The van der Waals surface area contributed by atoms with Crippen LogP contribution in [0, 0.1) is 6.92 Å². The zero-order valence-electron chi connectivity index (χ0n) is 23.6. The molecule has 0 unspecified atom stereocenters. The van der Waals surface area contributed by atoms with Crippen molar-refractivity contribution in [1.82, 2.24) is 9.47 Å². The Morgan fingerprint density at radius 3 is 2.56 bits per heavy atom. The van der Waals surface area contributed by atoms with Crippen LogP contribution in [-0.2, 0) is 9.59 Å². The van der Waals surface area contributed by atoms with Gasteiger partial charge in [0, 0.05) is 29.9 Å². The average Bonchev–Trinajstić information content (AvgIpc) is 3.46. The Morgan fingerprint density at radius 1 is 1.07 bits per heavy atom. The van der Waals surface area contributed by atoms with Gasteiger partial charge in [0.15, 0.2) is 4.80 Å². The molecule has 0 fully saturated rings. The quantitative estimate of drug-likeness (QED) is 0.397. The molecule has 3 aromatic carbocycles. The minimum absolute atomic E-state index is 0.186. The molecule has 0 spiro atoms. The molecule has 9 heteroatoms. The lowest BCUT2D eigenvalue weighted by Gasteiger charge is -2.30. The van der Waals surface area contributed by atoms with Crippen molar-refractivity contribution >= 4 is 45.2 Å². The second kappa shape index (κ2) is 10.2. The number of aryl methyl sites for hydroxylation is 1. The first kappa shape index (κ1) is 26.7. The van der Waals surface area contributed by atoms with Crippen LogP contribution in [0.15, 0.2) is 75.7 Å². The van der Waals surface area contributed by atoms with Crippen molar-refractivity contribution in [3.63, 3.8) is 0 Å². The van der Waals surface area contributed by atoms with E-state index in [0.717, 1.165) is 16.3 Å².